The molecule has 2 rings (SSSR count). The van der Waals surface area contributed by atoms with Crippen molar-refractivity contribution in [2.45, 2.75) is 44.3 Å². The first-order valence-electron chi connectivity index (χ1n) is 4.72. The minimum atomic E-state index is -0.293. The highest BCUT2D eigenvalue weighted by atomic mass is 16.5. The zero-order valence-corrected chi connectivity index (χ0v) is 7.16. The summed E-state index contributed by atoms with van der Waals surface area (Å²) >= 11 is 0. The number of amides is 1. The fourth-order valence-electron chi connectivity index (χ4n) is 2.35. The molecule has 0 aromatic carbocycles. The molecule has 1 amide bonds. The van der Waals surface area contributed by atoms with Gasteiger partial charge >= 0.3 is 0 Å². The molecule has 0 aromatic heterocycles. The molecule has 1 aliphatic carbocycles. The number of fused-ring (bicyclic) bond motifs is 1. The van der Waals surface area contributed by atoms with Crippen LogP contribution in [0.2, 0.25) is 0 Å². The van der Waals surface area contributed by atoms with Gasteiger partial charge in [0.15, 0.2) is 0 Å². The van der Waals surface area contributed by atoms with E-state index in [-0.39, 0.29) is 12.0 Å². The zero-order chi connectivity index (χ0) is 8.55. The molecule has 1 saturated carbocycles. The van der Waals surface area contributed by atoms with Crippen LogP contribution in [0.3, 0.4) is 0 Å². The predicted octanol–water partition coefficient (Wildman–Crippen LogP) is 0.819. The van der Waals surface area contributed by atoms with Crippen LogP contribution in [0.1, 0.15) is 32.1 Å². The molecule has 3 nitrogen and oxygen atoms in total. The molecule has 2 aliphatic rings. The van der Waals surface area contributed by atoms with Crippen LogP contribution in [0.4, 0.5) is 0 Å². The Balaban J connectivity index is 1.98. The van der Waals surface area contributed by atoms with Gasteiger partial charge in [0.1, 0.15) is 6.10 Å². The summed E-state index contributed by atoms with van der Waals surface area (Å²) in [5.74, 6) is 0.320. The molecule has 0 spiro atoms. The maximum absolute atomic E-state index is 10.8. The second-order valence-corrected chi connectivity index (χ2v) is 3.85. The summed E-state index contributed by atoms with van der Waals surface area (Å²) in [7, 11) is 0. The largest absolute Gasteiger partial charge is 0.367 e. The molecule has 2 fully saturated rings. The van der Waals surface area contributed by atoms with E-state index in [0.29, 0.717) is 12.0 Å². The van der Waals surface area contributed by atoms with Gasteiger partial charge in [-0.15, -0.1) is 0 Å². The first kappa shape index (κ1) is 8.05. The van der Waals surface area contributed by atoms with Gasteiger partial charge in [-0.2, -0.15) is 0 Å². The summed E-state index contributed by atoms with van der Waals surface area (Å²) in [6.07, 6.45) is 5.76. The second kappa shape index (κ2) is 3.05. The average molecular weight is 169 g/mol. The van der Waals surface area contributed by atoms with Crippen molar-refractivity contribution in [3.05, 3.63) is 0 Å². The van der Waals surface area contributed by atoms with Crippen LogP contribution in [0, 0.1) is 5.92 Å². The summed E-state index contributed by atoms with van der Waals surface area (Å²) in [5.41, 5.74) is 5.19. The van der Waals surface area contributed by atoms with Gasteiger partial charge in [0, 0.05) is 0 Å². The molecule has 1 heterocycles. The van der Waals surface area contributed by atoms with Crippen LogP contribution in [-0.2, 0) is 9.53 Å². The summed E-state index contributed by atoms with van der Waals surface area (Å²) < 4.78 is 5.55. The normalized spacial score (nSPS) is 40.8. The molecule has 3 atom stereocenters. The fraction of sp³-hybridized carbons (Fsp3) is 0.889. The number of hydrogen-bond acceptors (Lipinski definition) is 2. The van der Waals surface area contributed by atoms with Crippen LogP contribution in [0.25, 0.3) is 0 Å². The van der Waals surface area contributed by atoms with E-state index >= 15 is 0 Å². The van der Waals surface area contributed by atoms with E-state index in [1.807, 2.05) is 0 Å². The van der Waals surface area contributed by atoms with Gasteiger partial charge in [-0.1, -0.05) is 12.8 Å². The summed E-state index contributed by atoms with van der Waals surface area (Å²) in [5, 5.41) is 0. The molecule has 2 N–H and O–H groups in total. The molecule has 0 radical (unpaired) electrons. The van der Waals surface area contributed by atoms with Gasteiger partial charge < -0.3 is 10.5 Å². The van der Waals surface area contributed by atoms with Crippen LogP contribution in [0.15, 0.2) is 0 Å². The van der Waals surface area contributed by atoms with Gasteiger partial charge in [0.2, 0.25) is 5.91 Å². The predicted molar refractivity (Wildman–Crippen MR) is 44.4 cm³/mol. The van der Waals surface area contributed by atoms with Crippen molar-refractivity contribution in [1.82, 2.24) is 0 Å². The van der Waals surface area contributed by atoms with E-state index in [4.69, 9.17) is 10.5 Å². The van der Waals surface area contributed by atoms with E-state index in [1.54, 1.807) is 0 Å². The molecular formula is C9H15NO2. The smallest absolute Gasteiger partial charge is 0.246 e. The van der Waals surface area contributed by atoms with E-state index < -0.39 is 0 Å². The first-order chi connectivity index (χ1) is 5.77. The first-order valence-corrected chi connectivity index (χ1v) is 4.72. The van der Waals surface area contributed by atoms with Gasteiger partial charge in [0.05, 0.1) is 6.10 Å². The quantitative estimate of drug-likeness (QED) is 0.631. The van der Waals surface area contributed by atoms with E-state index in [9.17, 15) is 4.79 Å². The number of ether oxygens (including phenoxy) is 1. The standard InChI is InChI=1S/C9H15NO2/c10-9(11)8-5-6-3-1-2-4-7(6)12-8/h6-8H,1-5H2,(H2,10,11). The Morgan fingerprint density at radius 3 is 2.75 bits per heavy atom. The maximum atomic E-state index is 10.8. The highest BCUT2D eigenvalue weighted by Crippen LogP contribution is 2.36. The van der Waals surface area contributed by atoms with Gasteiger partial charge in [0.25, 0.3) is 0 Å². The third kappa shape index (κ3) is 1.33. The lowest BCUT2D eigenvalue weighted by Crippen LogP contribution is -2.28. The van der Waals surface area contributed by atoms with Crippen LogP contribution in [0.5, 0.6) is 0 Å². The monoisotopic (exact) mass is 169 g/mol. The number of carbonyl (C=O) groups is 1. The molecule has 0 aromatic rings. The lowest BCUT2D eigenvalue weighted by atomic mass is 9.85. The Bertz CT molecular complexity index is 179. The van der Waals surface area contributed by atoms with Crippen molar-refractivity contribution < 1.29 is 9.53 Å². The number of rotatable bonds is 1. The fourth-order valence-corrected chi connectivity index (χ4v) is 2.35. The summed E-state index contributed by atoms with van der Waals surface area (Å²) in [6, 6.07) is 0. The van der Waals surface area contributed by atoms with Crippen LogP contribution >= 0.6 is 0 Å². The zero-order valence-electron chi connectivity index (χ0n) is 7.16. The van der Waals surface area contributed by atoms with Crippen molar-refractivity contribution in [2.24, 2.45) is 11.7 Å². The highest BCUT2D eigenvalue weighted by molar-refractivity contribution is 5.79. The minimum absolute atomic E-state index is 0.288. The van der Waals surface area contributed by atoms with Gasteiger partial charge in [-0.3, -0.25) is 4.79 Å². The Morgan fingerprint density at radius 2 is 2.08 bits per heavy atom. The van der Waals surface area contributed by atoms with Crippen LogP contribution in [-0.4, -0.2) is 18.1 Å². The average Bonchev–Trinajstić information content (AvgIpc) is 2.46. The van der Waals surface area contributed by atoms with Gasteiger partial charge in [-0.05, 0) is 25.2 Å². The van der Waals surface area contributed by atoms with Crippen molar-refractivity contribution >= 4 is 5.91 Å². The lowest BCUT2D eigenvalue weighted by Gasteiger charge is -2.22. The Hall–Kier alpha value is -0.570. The van der Waals surface area contributed by atoms with E-state index in [0.717, 1.165) is 12.8 Å². The van der Waals surface area contributed by atoms with E-state index in [1.165, 1.54) is 19.3 Å². The maximum Gasteiger partial charge on any atom is 0.246 e. The highest BCUT2D eigenvalue weighted by Gasteiger charge is 2.38. The van der Waals surface area contributed by atoms with Crippen molar-refractivity contribution in [2.75, 3.05) is 0 Å². The summed E-state index contributed by atoms with van der Waals surface area (Å²) in [4.78, 5) is 10.8. The molecule has 1 aliphatic heterocycles. The van der Waals surface area contributed by atoms with Crippen molar-refractivity contribution in [1.29, 1.82) is 0 Å². The van der Waals surface area contributed by atoms with E-state index in [2.05, 4.69) is 0 Å². The minimum Gasteiger partial charge on any atom is -0.367 e. The SMILES string of the molecule is NC(=O)C1CC2CCCCC2O1. The van der Waals surface area contributed by atoms with Crippen molar-refractivity contribution in [3.63, 3.8) is 0 Å². The molecule has 0 bridgehead atoms. The molecule has 3 heteroatoms. The number of carbonyl (C=O) groups excluding carboxylic acids is 1. The lowest BCUT2D eigenvalue weighted by molar-refractivity contribution is -0.129. The Labute approximate surface area is 72.3 Å². The summed E-state index contributed by atoms with van der Waals surface area (Å²) in [6.45, 7) is 0. The van der Waals surface area contributed by atoms with Crippen LogP contribution < -0.4 is 5.73 Å². The Morgan fingerprint density at radius 1 is 1.33 bits per heavy atom. The Kier molecular flexibility index (Phi) is 2.05. The second-order valence-electron chi connectivity index (χ2n) is 3.85. The topological polar surface area (TPSA) is 52.3 Å². The molecule has 1 saturated heterocycles. The molecule has 68 valence electrons. The van der Waals surface area contributed by atoms with Crippen molar-refractivity contribution in [3.8, 4) is 0 Å². The van der Waals surface area contributed by atoms with Gasteiger partial charge in [-0.25, -0.2) is 0 Å². The number of nitrogens with two attached hydrogens (primary N) is 1. The molecule has 3 unspecified atom stereocenters. The number of primary amides is 1. The number of hydrogen-bond donors (Lipinski definition) is 1. The third-order valence-corrected chi connectivity index (χ3v) is 3.01. The molecular weight excluding hydrogens is 154 g/mol. The third-order valence-electron chi connectivity index (χ3n) is 3.01. The molecule has 12 heavy (non-hydrogen) atoms.